The van der Waals surface area contributed by atoms with Gasteiger partial charge in [0, 0.05) is 12.2 Å². The second-order valence-corrected chi connectivity index (χ2v) is 6.12. The van der Waals surface area contributed by atoms with Crippen molar-refractivity contribution in [1.29, 1.82) is 0 Å². The van der Waals surface area contributed by atoms with Gasteiger partial charge in [0.15, 0.2) is 12.1 Å². The lowest BCUT2D eigenvalue weighted by Gasteiger charge is -2.21. The van der Waals surface area contributed by atoms with E-state index in [1.807, 2.05) is 28.4 Å². The average molecular weight is 312 g/mol. The number of ether oxygens (including phenoxy) is 1. The molecule has 1 aromatic carbocycles. The Labute approximate surface area is 132 Å². The van der Waals surface area contributed by atoms with Crippen LogP contribution in [0.15, 0.2) is 42.2 Å². The molecule has 0 spiro atoms. The van der Waals surface area contributed by atoms with Crippen molar-refractivity contribution < 1.29 is 4.74 Å². The van der Waals surface area contributed by atoms with E-state index in [-0.39, 0.29) is 6.23 Å². The number of thiazole rings is 1. The van der Waals surface area contributed by atoms with Gasteiger partial charge >= 0.3 is 0 Å². The average Bonchev–Trinajstić information content (AvgIpc) is 3.25. The molecule has 1 unspecified atom stereocenters. The Kier molecular flexibility index (Phi) is 3.70. The summed E-state index contributed by atoms with van der Waals surface area (Å²) in [5.41, 5.74) is 3.87. The number of aromatic nitrogens is 4. The molecule has 1 aliphatic heterocycles. The Morgan fingerprint density at radius 3 is 2.86 bits per heavy atom. The Morgan fingerprint density at radius 1 is 1.14 bits per heavy atom. The van der Waals surface area contributed by atoms with Crippen molar-refractivity contribution in [3.8, 4) is 22.0 Å². The van der Waals surface area contributed by atoms with Crippen LogP contribution in [0.5, 0.6) is 0 Å². The van der Waals surface area contributed by atoms with Gasteiger partial charge in [-0.15, -0.1) is 16.4 Å². The zero-order valence-corrected chi connectivity index (χ0v) is 12.9. The Hall–Kier alpha value is -2.05. The van der Waals surface area contributed by atoms with Crippen molar-refractivity contribution >= 4 is 11.3 Å². The van der Waals surface area contributed by atoms with E-state index in [9.17, 15) is 0 Å². The molecule has 1 saturated heterocycles. The highest BCUT2D eigenvalue weighted by molar-refractivity contribution is 7.13. The zero-order chi connectivity index (χ0) is 14.8. The van der Waals surface area contributed by atoms with Crippen LogP contribution in [0.2, 0.25) is 0 Å². The molecule has 4 rings (SSSR count). The highest BCUT2D eigenvalue weighted by Gasteiger charge is 2.19. The fraction of sp³-hybridized carbons (Fsp3) is 0.312. The van der Waals surface area contributed by atoms with E-state index in [1.165, 1.54) is 6.42 Å². The molecule has 6 heteroatoms. The molecule has 3 aromatic rings. The molecule has 0 aliphatic carbocycles. The molecule has 0 saturated carbocycles. The smallest absolute Gasteiger partial charge is 0.193 e. The molecular formula is C16H16N4OS. The SMILES string of the molecule is c1ccc(-c2ncsc2-c2ncn(C3CCCCO3)n2)cc1. The van der Waals surface area contributed by atoms with Gasteiger partial charge in [0.25, 0.3) is 0 Å². The summed E-state index contributed by atoms with van der Waals surface area (Å²) >= 11 is 1.57. The lowest BCUT2D eigenvalue weighted by Crippen LogP contribution is -2.18. The highest BCUT2D eigenvalue weighted by Crippen LogP contribution is 2.33. The highest BCUT2D eigenvalue weighted by atomic mass is 32.1. The van der Waals surface area contributed by atoms with Crippen LogP contribution in [0.4, 0.5) is 0 Å². The van der Waals surface area contributed by atoms with Crippen LogP contribution in [0.3, 0.4) is 0 Å². The third kappa shape index (κ3) is 2.55. The molecule has 22 heavy (non-hydrogen) atoms. The van der Waals surface area contributed by atoms with Gasteiger partial charge in [0.05, 0.1) is 11.2 Å². The molecule has 0 amide bonds. The summed E-state index contributed by atoms with van der Waals surface area (Å²) in [7, 11) is 0. The van der Waals surface area contributed by atoms with Gasteiger partial charge in [-0.3, -0.25) is 0 Å². The molecule has 5 nitrogen and oxygen atoms in total. The van der Waals surface area contributed by atoms with Gasteiger partial charge in [-0.2, -0.15) is 0 Å². The maximum atomic E-state index is 5.76. The minimum Gasteiger partial charge on any atom is -0.356 e. The zero-order valence-electron chi connectivity index (χ0n) is 12.1. The van der Waals surface area contributed by atoms with Crippen molar-refractivity contribution in [2.75, 3.05) is 6.61 Å². The summed E-state index contributed by atoms with van der Waals surface area (Å²) in [6.45, 7) is 0.801. The van der Waals surface area contributed by atoms with Crippen LogP contribution in [-0.2, 0) is 4.74 Å². The lowest BCUT2D eigenvalue weighted by atomic mass is 10.1. The molecule has 0 bridgehead atoms. The lowest BCUT2D eigenvalue weighted by molar-refractivity contribution is -0.0395. The van der Waals surface area contributed by atoms with E-state index in [0.29, 0.717) is 0 Å². The summed E-state index contributed by atoms with van der Waals surface area (Å²) in [6.07, 6.45) is 5.08. The minimum atomic E-state index is 0.0168. The topological polar surface area (TPSA) is 52.8 Å². The van der Waals surface area contributed by atoms with Crippen LogP contribution in [0.25, 0.3) is 22.0 Å². The first-order chi connectivity index (χ1) is 10.9. The van der Waals surface area contributed by atoms with Crippen molar-refractivity contribution in [3.63, 3.8) is 0 Å². The van der Waals surface area contributed by atoms with E-state index in [1.54, 1.807) is 17.7 Å². The summed E-state index contributed by atoms with van der Waals surface area (Å²) in [4.78, 5) is 9.95. The van der Waals surface area contributed by atoms with Crippen molar-refractivity contribution in [2.45, 2.75) is 25.5 Å². The van der Waals surface area contributed by atoms with Gasteiger partial charge in [-0.25, -0.2) is 14.6 Å². The van der Waals surface area contributed by atoms with Gasteiger partial charge in [0.2, 0.25) is 0 Å². The number of rotatable bonds is 3. The number of nitrogens with zero attached hydrogens (tertiary/aromatic N) is 4. The third-order valence-corrected chi connectivity index (χ3v) is 4.60. The molecule has 112 valence electrons. The molecule has 3 heterocycles. The standard InChI is InChI=1S/C16H16N4OS/c1-2-6-12(7-3-1)14-15(22-11-18-14)16-17-10-20(19-16)13-8-4-5-9-21-13/h1-3,6-7,10-11,13H,4-5,8-9H2. The van der Waals surface area contributed by atoms with Crippen LogP contribution >= 0.6 is 11.3 Å². The minimum absolute atomic E-state index is 0.0168. The van der Waals surface area contributed by atoms with Crippen LogP contribution in [0, 0.1) is 0 Å². The molecule has 2 aromatic heterocycles. The quantitative estimate of drug-likeness (QED) is 0.739. The van der Waals surface area contributed by atoms with Crippen LogP contribution in [0.1, 0.15) is 25.5 Å². The predicted octanol–water partition coefficient (Wildman–Crippen LogP) is 3.77. The monoisotopic (exact) mass is 312 g/mol. The summed E-state index contributed by atoms with van der Waals surface area (Å²) in [5.74, 6) is 0.718. The number of benzene rings is 1. The second-order valence-electron chi connectivity index (χ2n) is 5.27. The summed E-state index contributed by atoms with van der Waals surface area (Å²) in [6, 6.07) is 10.1. The third-order valence-electron chi connectivity index (χ3n) is 3.78. The Bertz CT molecular complexity index is 746. The van der Waals surface area contributed by atoms with E-state index < -0.39 is 0 Å². The first kappa shape index (κ1) is 13.6. The molecule has 0 N–H and O–H groups in total. The molecule has 1 aliphatic rings. The first-order valence-corrected chi connectivity index (χ1v) is 8.32. The Morgan fingerprint density at radius 2 is 2.05 bits per heavy atom. The van der Waals surface area contributed by atoms with Crippen molar-refractivity contribution in [3.05, 3.63) is 42.2 Å². The summed E-state index contributed by atoms with van der Waals surface area (Å²) < 4.78 is 7.59. The Balaban J connectivity index is 1.66. The van der Waals surface area contributed by atoms with Crippen LogP contribution < -0.4 is 0 Å². The van der Waals surface area contributed by atoms with E-state index >= 15 is 0 Å². The molecular weight excluding hydrogens is 296 g/mol. The fourth-order valence-electron chi connectivity index (χ4n) is 2.66. The maximum absolute atomic E-state index is 5.76. The van der Waals surface area contributed by atoms with E-state index in [0.717, 1.165) is 41.4 Å². The van der Waals surface area contributed by atoms with Crippen molar-refractivity contribution in [1.82, 2.24) is 19.7 Å². The van der Waals surface area contributed by atoms with E-state index in [2.05, 4.69) is 27.2 Å². The molecule has 1 atom stereocenters. The second kappa shape index (κ2) is 5.98. The molecule has 1 fully saturated rings. The van der Waals surface area contributed by atoms with Gasteiger partial charge in [-0.05, 0) is 19.3 Å². The fourth-order valence-corrected chi connectivity index (χ4v) is 3.40. The normalized spacial score (nSPS) is 18.5. The van der Waals surface area contributed by atoms with Gasteiger partial charge < -0.3 is 4.74 Å². The maximum Gasteiger partial charge on any atom is 0.193 e. The van der Waals surface area contributed by atoms with Crippen molar-refractivity contribution in [2.24, 2.45) is 0 Å². The summed E-state index contributed by atoms with van der Waals surface area (Å²) in [5, 5.41) is 4.61. The first-order valence-electron chi connectivity index (χ1n) is 7.44. The molecule has 0 radical (unpaired) electrons. The van der Waals surface area contributed by atoms with E-state index in [4.69, 9.17) is 4.74 Å². The number of hydrogen-bond acceptors (Lipinski definition) is 5. The predicted molar refractivity (Wildman–Crippen MR) is 85.4 cm³/mol. The number of hydrogen-bond donors (Lipinski definition) is 0. The largest absolute Gasteiger partial charge is 0.356 e. The van der Waals surface area contributed by atoms with Crippen LogP contribution in [-0.4, -0.2) is 26.4 Å². The van der Waals surface area contributed by atoms with Gasteiger partial charge in [0.1, 0.15) is 11.2 Å². The van der Waals surface area contributed by atoms with Gasteiger partial charge in [-0.1, -0.05) is 30.3 Å².